The molecular weight excluding hydrogens is 688 g/mol. The molecule has 0 spiro atoms. The van der Waals surface area contributed by atoms with Gasteiger partial charge in [0.25, 0.3) is 0 Å². The second kappa shape index (κ2) is 19.4. The van der Waals surface area contributed by atoms with Crippen molar-refractivity contribution in [2.24, 2.45) is 11.5 Å². The predicted octanol–water partition coefficient (Wildman–Crippen LogP) is 5.66. The minimum absolute atomic E-state index is 0.00132. The molecule has 2 aliphatic rings. The number of hydrogen-bond donors (Lipinski definition) is 4. The molecule has 6 N–H and O–H groups in total. The number of nitrogens with one attached hydrogen (secondary N) is 2. The molecule has 0 fully saturated rings. The lowest BCUT2D eigenvalue weighted by Crippen LogP contribution is -2.31. The summed E-state index contributed by atoms with van der Waals surface area (Å²) in [6, 6.07) is 26.2. The normalized spacial score (nSPS) is 13.7. The van der Waals surface area contributed by atoms with Gasteiger partial charge in [-0.3, -0.25) is 19.2 Å². The summed E-state index contributed by atoms with van der Waals surface area (Å²) in [4.78, 5) is 45.1. The summed E-state index contributed by atoms with van der Waals surface area (Å²) in [5.41, 5.74) is 14.7. The Hall–Kier alpha value is -5.72. The summed E-state index contributed by atoms with van der Waals surface area (Å²) in [6.07, 6.45) is 0. The van der Waals surface area contributed by atoms with Gasteiger partial charge in [-0.25, -0.2) is 0 Å². The highest BCUT2D eigenvalue weighted by molar-refractivity contribution is 6.07. The largest absolute Gasteiger partial charge is 0.497 e. The Bertz CT molecular complexity index is 1920. The topological polar surface area (TPSA) is 181 Å². The van der Waals surface area contributed by atoms with Crippen LogP contribution < -0.4 is 41.0 Å². The van der Waals surface area contributed by atoms with Crippen LogP contribution in [0.25, 0.3) is 0 Å². The van der Waals surface area contributed by atoms with Gasteiger partial charge in [-0.2, -0.15) is 0 Å². The standard InChI is InChI=1S/C13H15NO3.C11H13NO2.C10H13NO2.C8H11NO/c1-8(15)14-7-9-4-5-10-11(6-9)17-13(2,3)12(10)16;1-11(2)10(13)8-4-3-7(6-12)5-9(8)14-11;1-8(12)11-7-9-4-3-5-10(6-9)13-2;1-10-8-4-2-3-7(5-8)6-9/h4-6H,7H2,1-3H3,(H,14,15);3-5H,6,12H2,1-2H3;3-6H,7H2,1-2H3,(H,11,12);2-5H,6,9H2,1H3. The zero-order valence-electron chi connectivity index (χ0n) is 32.3. The van der Waals surface area contributed by atoms with Crippen LogP contribution in [0.1, 0.15) is 84.5 Å². The van der Waals surface area contributed by atoms with E-state index in [0.29, 0.717) is 48.8 Å². The molecular formula is C42H52N4O8. The van der Waals surface area contributed by atoms with Gasteiger partial charge in [0.05, 0.1) is 25.3 Å². The van der Waals surface area contributed by atoms with Crippen LogP contribution in [0.15, 0.2) is 84.9 Å². The maximum Gasteiger partial charge on any atom is 0.217 e. The molecule has 2 aliphatic heterocycles. The van der Waals surface area contributed by atoms with Gasteiger partial charge in [-0.1, -0.05) is 36.4 Å². The molecule has 54 heavy (non-hydrogen) atoms. The van der Waals surface area contributed by atoms with Crippen LogP contribution in [0.2, 0.25) is 0 Å². The highest BCUT2D eigenvalue weighted by atomic mass is 16.5. The van der Waals surface area contributed by atoms with Gasteiger partial charge in [0, 0.05) is 40.0 Å². The Labute approximate surface area is 317 Å². The number of hydrogen-bond acceptors (Lipinski definition) is 10. The number of methoxy groups -OCH3 is 2. The maximum absolute atomic E-state index is 11.9. The van der Waals surface area contributed by atoms with Crippen molar-refractivity contribution < 1.29 is 38.1 Å². The lowest BCUT2D eigenvalue weighted by atomic mass is 9.99. The summed E-state index contributed by atoms with van der Waals surface area (Å²) in [7, 11) is 3.27. The van der Waals surface area contributed by atoms with Crippen LogP contribution >= 0.6 is 0 Å². The average molecular weight is 741 g/mol. The first-order valence-corrected chi connectivity index (χ1v) is 17.4. The minimum Gasteiger partial charge on any atom is -0.497 e. The van der Waals surface area contributed by atoms with E-state index in [-0.39, 0.29) is 23.4 Å². The smallest absolute Gasteiger partial charge is 0.217 e. The number of nitrogens with two attached hydrogens (primary N) is 2. The van der Waals surface area contributed by atoms with Crippen molar-refractivity contribution in [3.8, 4) is 23.0 Å². The number of benzene rings is 4. The molecule has 0 saturated carbocycles. The van der Waals surface area contributed by atoms with E-state index >= 15 is 0 Å². The number of carbonyl (C=O) groups is 4. The van der Waals surface area contributed by atoms with Crippen LogP contribution in [0.4, 0.5) is 0 Å². The van der Waals surface area contributed by atoms with Gasteiger partial charge in [0.2, 0.25) is 23.4 Å². The Morgan fingerprint density at radius 1 is 0.593 bits per heavy atom. The summed E-state index contributed by atoms with van der Waals surface area (Å²) in [5.74, 6) is 2.86. The highest BCUT2D eigenvalue weighted by Gasteiger charge is 2.40. The number of fused-ring (bicyclic) bond motifs is 2. The molecule has 0 atom stereocenters. The van der Waals surface area contributed by atoms with Crippen LogP contribution in [0, 0.1) is 0 Å². The molecule has 12 nitrogen and oxygen atoms in total. The number of rotatable bonds is 8. The summed E-state index contributed by atoms with van der Waals surface area (Å²) in [5, 5.41) is 5.42. The van der Waals surface area contributed by atoms with Gasteiger partial charge < -0.3 is 41.0 Å². The molecule has 2 amide bonds. The Balaban J connectivity index is 0.000000197. The quantitative estimate of drug-likeness (QED) is 0.176. The first-order chi connectivity index (χ1) is 25.5. The van der Waals surface area contributed by atoms with E-state index in [1.807, 2.05) is 66.7 Å². The first kappa shape index (κ1) is 42.7. The van der Waals surface area contributed by atoms with Crippen LogP contribution in [0.3, 0.4) is 0 Å². The van der Waals surface area contributed by atoms with E-state index in [0.717, 1.165) is 33.8 Å². The fraction of sp³-hybridized carbons (Fsp3) is 0.333. The van der Waals surface area contributed by atoms with E-state index in [9.17, 15) is 19.2 Å². The molecule has 0 radical (unpaired) electrons. The van der Waals surface area contributed by atoms with E-state index in [1.54, 1.807) is 60.1 Å². The Morgan fingerprint density at radius 3 is 1.39 bits per heavy atom. The average Bonchev–Trinajstić information content (AvgIpc) is 3.53. The van der Waals surface area contributed by atoms with Gasteiger partial charge in [-0.05, 0) is 98.5 Å². The molecule has 4 aromatic carbocycles. The van der Waals surface area contributed by atoms with Crippen molar-refractivity contribution in [1.29, 1.82) is 0 Å². The lowest BCUT2D eigenvalue weighted by molar-refractivity contribution is -0.120. The van der Waals surface area contributed by atoms with Crippen LogP contribution in [-0.2, 0) is 35.8 Å². The molecule has 6 rings (SSSR count). The molecule has 0 bridgehead atoms. The van der Waals surface area contributed by atoms with Gasteiger partial charge >= 0.3 is 0 Å². The van der Waals surface area contributed by atoms with Crippen LogP contribution in [0.5, 0.6) is 23.0 Å². The number of carbonyl (C=O) groups excluding carboxylic acids is 4. The van der Waals surface area contributed by atoms with Crippen molar-refractivity contribution in [3.63, 3.8) is 0 Å². The van der Waals surface area contributed by atoms with Crippen molar-refractivity contribution >= 4 is 23.4 Å². The molecule has 12 heteroatoms. The summed E-state index contributed by atoms with van der Waals surface area (Å²) in [6.45, 7) is 12.0. The van der Waals surface area contributed by atoms with E-state index in [2.05, 4.69) is 10.6 Å². The molecule has 0 unspecified atom stereocenters. The molecule has 288 valence electrons. The van der Waals surface area contributed by atoms with E-state index in [4.69, 9.17) is 30.4 Å². The fourth-order valence-corrected chi connectivity index (χ4v) is 5.24. The number of Topliss-reactive ketones (excluding diaryl/α,β-unsaturated/α-hetero) is 2. The second-order valence-electron chi connectivity index (χ2n) is 13.5. The van der Waals surface area contributed by atoms with Gasteiger partial charge in [0.15, 0.2) is 11.2 Å². The van der Waals surface area contributed by atoms with Crippen molar-refractivity contribution in [2.45, 2.75) is 78.9 Å². The molecule has 0 saturated heterocycles. The van der Waals surface area contributed by atoms with Crippen LogP contribution in [-0.4, -0.2) is 48.8 Å². The Morgan fingerprint density at radius 2 is 0.963 bits per heavy atom. The number of ether oxygens (including phenoxy) is 4. The Kier molecular flexibility index (Phi) is 15.3. The molecule has 2 heterocycles. The third-order valence-corrected chi connectivity index (χ3v) is 8.23. The van der Waals surface area contributed by atoms with E-state index in [1.165, 1.54) is 13.8 Å². The zero-order chi connectivity index (χ0) is 40.1. The number of amides is 2. The third kappa shape index (κ3) is 12.2. The molecule has 4 aromatic rings. The predicted molar refractivity (Wildman–Crippen MR) is 208 cm³/mol. The first-order valence-electron chi connectivity index (χ1n) is 17.4. The maximum atomic E-state index is 11.9. The van der Waals surface area contributed by atoms with Crippen molar-refractivity contribution in [1.82, 2.24) is 10.6 Å². The molecule has 0 aliphatic carbocycles. The van der Waals surface area contributed by atoms with Crippen molar-refractivity contribution in [2.75, 3.05) is 14.2 Å². The number of ketones is 2. The van der Waals surface area contributed by atoms with E-state index < -0.39 is 11.2 Å². The fourth-order valence-electron chi connectivity index (χ4n) is 5.24. The monoisotopic (exact) mass is 740 g/mol. The van der Waals surface area contributed by atoms with Gasteiger partial charge in [0.1, 0.15) is 23.0 Å². The highest BCUT2D eigenvalue weighted by Crippen LogP contribution is 2.36. The summed E-state index contributed by atoms with van der Waals surface area (Å²) < 4.78 is 21.2. The third-order valence-electron chi connectivity index (χ3n) is 8.23. The second-order valence-corrected chi connectivity index (χ2v) is 13.5. The zero-order valence-corrected chi connectivity index (χ0v) is 32.3. The van der Waals surface area contributed by atoms with Crippen molar-refractivity contribution in [3.05, 3.63) is 118 Å². The SMILES string of the molecule is CC(=O)NCc1ccc2c(c1)OC(C)(C)C2=O.CC1(C)Oc2cc(CN)ccc2C1=O.COc1cccc(CN)c1.COc1cccc(CNC(C)=O)c1. The molecule has 0 aromatic heterocycles. The van der Waals surface area contributed by atoms with Gasteiger partial charge in [-0.15, -0.1) is 0 Å². The minimum atomic E-state index is -0.783. The summed E-state index contributed by atoms with van der Waals surface area (Å²) >= 11 is 0. The lowest BCUT2D eigenvalue weighted by Gasteiger charge is -2.15.